The fraction of sp³-hybridized carbons (Fsp3) is 0.500. The molecule has 1 rings (SSSR count). The van der Waals surface area contributed by atoms with Gasteiger partial charge in [0.25, 0.3) is 0 Å². The average Bonchev–Trinajstić information content (AvgIpc) is 2.20. The van der Waals surface area contributed by atoms with E-state index in [1.54, 1.807) is 0 Å². The van der Waals surface area contributed by atoms with E-state index in [1.807, 2.05) is 31.2 Å². The van der Waals surface area contributed by atoms with Gasteiger partial charge in [0, 0.05) is 19.1 Å². The average molecular weight is 193 g/mol. The fourth-order valence-electron chi connectivity index (χ4n) is 1.17. The summed E-state index contributed by atoms with van der Waals surface area (Å²) in [4.78, 5) is 0. The molecule has 0 aliphatic carbocycles. The Kier molecular flexibility index (Phi) is 5.08. The topological polar surface area (TPSA) is 18.5 Å². The van der Waals surface area contributed by atoms with Crippen molar-refractivity contribution in [2.75, 3.05) is 13.2 Å². The maximum atomic E-state index is 5.49. The molecule has 0 aliphatic heterocycles. The van der Waals surface area contributed by atoms with Gasteiger partial charge >= 0.3 is 0 Å². The van der Waals surface area contributed by atoms with Gasteiger partial charge in [0.15, 0.2) is 0 Å². The largest absolute Gasteiger partial charge is 0.493 e. The van der Waals surface area contributed by atoms with Gasteiger partial charge in [-0.1, -0.05) is 18.2 Å². The highest BCUT2D eigenvalue weighted by Gasteiger charge is 2.00. The quantitative estimate of drug-likeness (QED) is 0.691. The van der Waals surface area contributed by atoms with E-state index in [0.717, 1.165) is 18.8 Å². The Morgan fingerprint density at radius 2 is 2.29 bits per heavy atom. The molecule has 0 fully saturated rings. The Labute approximate surface area is 85.8 Å². The number of rotatable bonds is 6. The number of hydrogen-bond donors (Lipinski definition) is 0. The van der Waals surface area contributed by atoms with Crippen molar-refractivity contribution in [1.29, 1.82) is 0 Å². The molecule has 0 unspecified atom stereocenters. The predicted octanol–water partition coefficient (Wildman–Crippen LogP) is 2.68. The first-order chi connectivity index (χ1) is 6.83. The highest BCUT2D eigenvalue weighted by atomic mass is 16.5. The van der Waals surface area contributed by atoms with Crippen molar-refractivity contribution < 1.29 is 9.47 Å². The van der Waals surface area contributed by atoms with E-state index in [0.29, 0.717) is 6.61 Å². The molecule has 0 aliphatic rings. The molecule has 0 saturated heterocycles. The molecule has 0 N–H and O–H groups in total. The summed E-state index contributed by atoms with van der Waals surface area (Å²) in [5.41, 5.74) is 0. The van der Waals surface area contributed by atoms with Gasteiger partial charge in [-0.2, -0.15) is 0 Å². The Bertz CT molecular complexity index is 233. The minimum atomic E-state index is 0.267. The Morgan fingerprint density at radius 1 is 1.43 bits per heavy atom. The molecule has 0 bridgehead atoms. The van der Waals surface area contributed by atoms with Gasteiger partial charge in [-0.3, -0.25) is 0 Å². The maximum Gasteiger partial charge on any atom is 0.127 e. The molecular weight excluding hydrogens is 176 g/mol. The van der Waals surface area contributed by atoms with Crippen LogP contribution in [0.25, 0.3) is 0 Å². The van der Waals surface area contributed by atoms with E-state index in [1.165, 1.54) is 0 Å². The van der Waals surface area contributed by atoms with Crippen molar-refractivity contribution in [2.24, 2.45) is 0 Å². The summed E-state index contributed by atoms with van der Waals surface area (Å²) in [5.74, 6) is 0.802. The SMILES string of the molecule is CCO[C@@H](C)CCOc1[c]cccc1. The molecule has 1 atom stereocenters. The fourth-order valence-corrected chi connectivity index (χ4v) is 1.17. The predicted molar refractivity (Wildman–Crippen MR) is 56.5 cm³/mol. The summed E-state index contributed by atoms with van der Waals surface area (Å²) < 4.78 is 10.9. The van der Waals surface area contributed by atoms with Gasteiger partial charge < -0.3 is 9.47 Å². The lowest BCUT2D eigenvalue weighted by Gasteiger charge is -2.11. The molecule has 2 heteroatoms. The zero-order chi connectivity index (χ0) is 10.2. The summed E-state index contributed by atoms with van der Waals surface area (Å²) in [6.07, 6.45) is 1.18. The van der Waals surface area contributed by atoms with E-state index in [4.69, 9.17) is 9.47 Å². The van der Waals surface area contributed by atoms with Crippen molar-refractivity contribution >= 4 is 0 Å². The van der Waals surface area contributed by atoms with Crippen LogP contribution < -0.4 is 4.74 Å². The molecule has 77 valence electrons. The first-order valence-electron chi connectivity index (χ1n) is 5.04. The maximum absolute atomic E-state index is 5.49. The zero-order valence-corrected chi connectivity index (χ0v) is 8.82. The van der Waals surface area contributed by atoms with Crippen LogP contribution in [0.1, 0.15) is 20.3 Å². The Hall–Kier alpha value is -1.02. The van der Waals surface area contributed by atoms with Crippen LogP contribution in [0.5, 0.6) is 5.75 Å². The molecule has 1 aromatic rings. The lowest BCUT2D eigenvalue weighted by atomic mass is 10.3. The number of hydrogen-bond acceptors (Lipinski definition) is 2. The van der Waals surface area contributed by atoms with Gasteiger partial charge in [0.05, 0.1) is 12.7 Å². The second-order valence-electron chi connectivity index (χ2n) is 3.13. The minimum absolute atomic E-state index is 0.267. The molecule has 14 heavy (non-hydrogen) atoms. The third-order valence-electron chi connectivity index (χ3n) is 1.91. The van der Waals surface area contributed by atoms with E-state index in [-0.39, 0.29) is 6.10 Å². The number of benzene rings is 1. The smallest absolute Gasteiger partial charge is 0.127 e. The van der Waals surface area contributed by atoms with Crippen LogP contribution in [0, 0.1) is 6.07 Å². The molecule has 0 aromatic heterocycles. The monoisotopic (exact) mass is 193 g/mol. The Morgan fingerprint density at radius 3 is 2.93 bits per heavy atom. The molecule has 1 aromatic carbocycles. The van der Waals surface area contributed by atoms with Crippen molar-refractivity contribution in [3.05, 3.63) is 30.3 Å². The van der Waals surface area contributed by atoms with E-state index in [2.05, 4.69) is 13.0 Å². The molecule has 2 nitrogen and oxygen atoms in total. The summed E-state index contributed by atoms with van der Waals surface area (Å²) in [6, 6.07) is 10.6. The van der Waals surface area contributed by atoms with Gasteiger partial charge in [-0.25, -0.2) is 0 Å². The number of ether oxygens (including phenoxy) is 2. The van der Waals surface area contributed by atoms with Crippen LogP contribution in [0.3, 0.4) is 0 Å². The zero-order valence-electron chi connectivity index (χ0n) is 8.82. The van der Waals surface area contributed by atoms with Crippen LogP contribution >= 0.6 is 0 Å². The number of para-hydroxylation sites is 1. The first kappa shape index (κ1) is 11.1. The van der Waals surface area contributed by atoms with Gasteiger partial charge in [0.2, 0.25) is 0 Å². The summed E-state index contributed by atoms with van der Waals surface area (Å²) in [5, 5.41) is 0. The van der Waals surface area contributed by atoms with E-state index >= 15 is 0 Å². The highest BCUT2D eigenvalue weighted by molar-refractivity contribution is 5.19. The molecular formula is C12H17O2. The lowest BCUT2D eigenvalue weighted by molar-refractivity contribution is 0.0596. The van der Waals surface area contributed by atoms with Crippen molar-refractivity contribution in [3.63, 3.8) is 0 Å². The van der Waals surface area contributed by atoms with Crippen LogP contribution in [-0.2, 0) is 4.74 Å². The summed E-state index contributed by atoms with van der Waals surface area (Å²) in [6.45, 7) is 5.50. The Balaban J connectivity index is 2.16. The van der Waals surface area contributed by atoms with Gasteiger partial charge in [-0.15, -0.1) is 0 Å². The third kappa shape index (κ3) is 4.28. The highest BCUT2D eigenvalue weighted by Crippen LogP contribution is 2.08. The first-order valence-corrected chi connectivity index (χ1v) is 5.04. The standard InChI is InChI=1S/C12H17O2/c1-3-13-11(2)9-10-14-12-7-5-4-6-8-12/h4-7,11H,3,9-10H2,1-2H3/t11-/m0/s1. The van der Waals surface area contributed by atoms with Crippen molar-refractivity contribution in [3.8, 4) is 5.75 Å². The normalized spacial score (nSPS) is 12.4. The summed E-state index contributed by atoms with van der Waals surface area (Å²) >= 11 is 0. The molecule has 0 saturated carbocycles. The van der Waals surface area contributed by atoms with Gasteiger partial charge in [-0.05, 0) is 19.9 Å². The van der Waals surface area contributed by atoms with Crippen molar-refractivity contribution in [2.45, 2.75) is 26.4 Å². The van der Waals surface area contributed by atoms with Crippen LogP contribution in [-0.4, -0.2) is 19.3 Å². The van der Waals surface area contributed by atoms with Gasteiger partial charge in [0.1, 0.15) is 5.75 Å². The third-order valence-corrected chi connectivity index (χ3v) is 1.91. The lowest BCUT2D eigenvalue weighted by Crippen LogP contribution is -2.12. The summed E-state index contributed by atoms with van der Waals surface area (Å²) in [7, 11) is 0. The minimum Gasteiger partial charge on any atom is -0.493 e. The van der Waals surface area contributed by atoms with E-state index < -0.39 is 0 Å². The molecule has 1 radical (unpaired) electrons. The van der Waals surface area contributed by atoms with Crippen molar-refractivity contribution in [1.82, 2.24) is 0 Å². The van der Waals surface area contributed by atoms with Crippen LogP contribution in [0.2, 0.25) is 0 Å². The second kappa shape index (κ2) is 6.44. The molecule has 0 spiro atoms. The van der Waals surface area contributed by atoms with E-state index in [9.17, 15) is 0 Å². The van der Waals surface area contributed by atoms with Crippen LogP contribution in [0.15, 0.2) is 24.3 Å². The second-order valence-corrected chi connectivity index (χ2v) is 3.13. The molecule has 0 amide bonds. The van der Waals surface area contributed by atoms with Crippen LogP contribution in [0.4, 0.5) is 0 Å². The molecule has 0 heterocycles.